The molecule has 3 unspecified atom stereocenters. The van der Waals surface area contributed by atoms with E-state index in [0.717, 1.165) is 31.2 Å². The predicted octanol–water partition coefficient (Wildman–Crippen LogP) is 2.90. The Morgan fingerprint density at radius 3 is 2.25 bits per heavy atom. The normalized spacial score (nSPS) is 31.7. The summed E-state index contributed by atoms with van der Waals surface area (Å²) in [6, 6.07) is 1.16. The van der Waals surface area contributed by atoms with Crippen molar-refractivity contribution in [2.45, 2.75) is 72.1 Å². The van der Waals surface area contributed by atoms with Gasteiger partial charge in [0.2, 0.25) is 0 Å². The summed E-state index contributed by atoms with van der Waals surface area (Å²) < 4.78 is 0. The van der Waals surface area contributed by atoms with E-state index in [4.69, 9.17) is 0 Å². The first-order chi connectivity index (χ1) is 7.47. The molecule has 0 radical (unpaired) electrons. The number of aliphatic hydroxyl groups excluding tert-OH is 1. The lowest BCUT2D eigenvalue weighted by atomic mass is 9.75. The van der Waals surface area contributed by atoms with Crippen molar-refractivity contribution >= 4 is 0 Å². The third-order valence-electron chi connectivity index (χ3n) is 4.15. The molecule has 16 heavy (non-hydrogen) atoms. The Balaban J connectivity index is 2.76. The predicted molar refractivity (Wildman–Crippen MR) is 69.5 cm³/mol. The summed E-state index contributed by atoms with van der Waals surface area (Å²) in [6.45, 7) is 12.5. The highest BCUT2D eigenvalue weighted by Crippen LogP contribution is 2.34. The van der Waals surface area contributed by atoms with E-state index in [9.17, 15) is 5.11 Å². The maximum Gasteiger partial charge on any atom is 0.0555 e. The molecule has 0 aliphatic heterocycles. The van der Waals surface area contributed by atoms with Crippen molar-refractivity contribution in [3.8, 4) is 0 Å². The molecule has 1 rings (SSSR count). The van der Waals surface area contributed by atoms with Crippen LogP contribution in [0.5, 0.6) is 0 Å². The minimum absolute atomic E-state index is 0.0761. The summed E-state index contributed by atoms with van der Waals surface area (Å²) in [7, 11) is 0. The minimum atomic E-state index is -0.0761. The molecule has 0 saturated heterocycles. The van der Waals surface area contributed by atoms with Gasteiger partial charge in [-0.25, -0.2) is 0 Å². The summed E-state index contributed by atoms with van der Waals surface area (Å²) in [4.78, 5) is 2.56. The van der Waals surface area contributed by atoms with Crippen LogP contribution in [-0.2, 0) is 0 Å². The van der Waals surface area contributed by atoms with Crippen LogP contribution in [0.1, 0.15) is 53.9 Å². The van der Waals surface area contributed by atoms with Gasteiger partial charge in [-0.2, -0.15) is 0 Å². The Labute approximate surface area is 101 Å². The van der Waals surface area contributed by atoms with E-state index in [1.165, 1.54) is 6.42 Å². The maximum absolute atomic E-state index is 9.88. The highest BCUT2D eigenvalue weighted by atomic mass is 16.3. The Bertz CT molecular complexity index is 193. The fraction of sp³-hybridized carbons (Fsp3) is 1.00. The van der Waals surface area contributed by atoms with Crippen LogP contribution in [-0.4, -0.2) is 34.7 Å². The van der Waals surface area contributed by atoms with Gasteiger partial charge in [-0.1, -0.05) is 20.8 Å². The molecule has 0 amide bonds. The van der Waals surface area contributed by atoms with Crippen molar-refractivity contribution in [3.05, 3.63) is 0 Å². The number of hydrogen-bond acceptors (Lipinski definition) is 2. The van der Waals surface area contributed by atoms with Crippen LogP contribution in [0, 0.1) is 11.8 Å². The average molecular weight is 227 g/mol. The quantitative estimate of drug-likeness (QED) is 0.798. The second kappa shape index (κ2) is 6.02. The molecule has 1 fully saturated rings. The van der Waals surface area contributed by atoms with Crippen LogP contribution in [0.3, 0.4) is 0 Å². The second-order valence-corrected chi connectivity index (χ2v) is 5.87. The first-order valence-electron chi connectivity index (χ1n) is 6.91. The van der Waals surface area contributed by atoms with Crippen LogP contribution in [0.2, 0.25) is 0 Å². The first kappa shape index (κ1) is 14.0. The first-order valence-corrected chi connectivity index (χ1v) is 6.91. The van der Waals surface area contributed by atoms with Gasteiger partial charge in [0.15, 0.2) is 0 Å². The third kappa shape index (κ3) is 3.21. The van der Waals surface area contributed by atoms with Crippen molar-refractivity contribution in [1.82, 2.24) is 4.90 Å². The molecule has 0 aromatic heterocycles. The second-order valence-electron chi connectivity index (χ2n) is 5.87. The van der Waals surface area contributed by atoms with Gasteiger partial charge in [0.1, 0.15) is 0 Å². The fourth-order valence-electron chi connectivity index (χ4n) is 3.29. The molecule has 0 spiro atoms. The summed E-state index contributed by atoms with van der Waals surface area (Å²) in [5.41, 5.74) is 0. The van der Waals surface area contributed by atoms with Crippen molar-refractivity contribution < 1.29 is 5.11 Å². The van der Waals surface area contributed by atoms with Gasteiger partial charge >= 0.3 is 0 Å². The average Bonchev–Trinajstić information content (AvgIpc) is 2.17. The lowest BCUT2D eigenvalue weighted by molar-refractivity contribution is 0.00116. The van der Waals surface area contributed by atoms with Gasteiger partial charge in [-0.15, -0.1) is 0 Å². The molecule has 0 aromatic rings. The Morgan fingerprint density at radius 1 is 1.19 bits per heavy atom. The fourth-order valence-corrected chi connectivity index (χ4v) is 3.29. The molecule has 2 heteroatoms. The molecule has 0 heterocycles. The molecule has 3 atom stereocenters. The third-order valence-corrected chi connectivity index (χ3v) is 4.15. The summed E-state index contributed by atoms with van der Waals surface area (Å²) in [5.74, 6) is 1.48. The van der Waals surface area contributed by atoms with Gasteiger partial charge < -0.3 is 5.11 Å². The Kier molecular flexibility index (Phi) is 5.26. The summed E-state index contributed by atoms with van der Waals surface area (Å²) in [6.07, 6.45) is 3.07. The van der Waals surface area contributed by atoms with Crippen LogP contribution in [0.4, 0.5) is 0 Å². The van der Waals surface area contributed by atoms with E-state index >= 15 is 0 Å². The standard InChI is InChI=1S/C14H29NO/c1-6-15(11(4)5)14-9-12(16)7-8-13(14)10(2)3/h10-14,16H,6-9H2,1-5H3. The molecule has 1 saturated carbocycles. The van der Waals surface area contributed by atoms with E-state index in [1.54, 1.807) is 0 Å². The Morgan fingerprint density at radius 2 is 1.81 bits per heavy atom. The number of rotatable bonds is 4. The maximum atomic E-state index is 9.88. The van der Waals surface area contributed by atoms with Crippen LogP contribution >= 0.6 is 0 Å². The van der Waals surface area contributed by atoms with E-state index in [-0.39, 0.29) is 6.10 Å². The van der Waals surface area contributed by atoms with Gasteiger partial charge in [0, 0.05) is 12.1 Å². The summed E-state index contributed by atoms with van der Waals surface area (Å²) in [5, 5.41) is 9.88. The molecular weight excluding hydrogens is 198 g/mol. The molecule has 96 valence electrons. The largest absolute Gasteiger partial charge is 0.393 e. The van der Waals surface area contributed by atoms with E-state index in [2.05, 4.69) is 39.5 Å². The molecule has 2 nitrogen and oxygen atoms in total. The van der Waals surface area contributed by atoms with Gasteiger partial charge in [-0.3, -0.25) is 4.90 Å². The SMILES string of the molecule is CCN(C(C)C)C1CC(O)CCC1C(C)C. The molecule has 0 aromatic carbocycles. The lowest BCUT2D eigenvalue weighted by Crippen LogP contribution is -2.50. The van der Waals surface area contributed by atoms with Gasteiger partial charge in [-0.05, 0) is 51.5 Å². The van der Waals surface area contributed by atoms with Crippen LogP contribution in [0.15, 0.2) is 0 Å². The highest BCUT2D eigenvalue weighted by molar-refractivity contribution is 4.89. The van der Waals surface area contributed by atoms with Gasteiger partial charge in [0.05, 0.1) is 6.10 Å². The molecular formula is C14H29NO. The lowest BCUT2D eigenvalue weighted by Gasteiger charge is -2.45. The zero-order valence-corrected chi connectivity index (χ0v) is 11.6. The molecule has 1 N–H and O–H groups in total. The van der Waals surface area contributed by atoms with Crippen LogP contribution in [0.25, 0.3) is 0 Å². The van der Waals surface area contributed by atoms with Gasteiger partial charge in [0.25, 0.3) is 0 Å². The zero-order valence-electron chi connectivity index (χ0n) is 11.6. The molecule has 0 bridgehead atoms. The number of hydrogen-bond donors (Lipinski definition) is 1. The molecule has 1 aliphatic rings. The van der Waals surface area contributed by atoms with Crippen LogP contribution < -0.4 is 0 Å². The number of nitrogens with zero attached hydrogens (tertiary/aromatic N) is 1. The van der Waals surface area contributed by atoms with E-state index in [0.29, 0.717) is 12.1 Å². The zero-order chi connectivity index (χ0) is 12.3. The monoisotopic (exact) mass is 227 g/mol. The molecule has 1 aliphatic carbocycles. The van der Waals surface area contributed by atoms with Crippen molar-refractivity contribution in [1.29, 1.82) is 0 Å². The van der Waals surface area contributed by atoms with Crippen molar-refractivity contribution in [3.63, 3.8) is 0 Å². The number of aliphatic hydroxyl groups is 1. The smallest absolute Gasteiger partial charge is 0.0555 e. The van der Waals surface area contributed by atoms with E-state index in [1.807, 2.05) is 0 Å². The highest BCUT2D eigenvalue weighted by Gasteiger charge is 2.35. The van der Waals surface area contributed by atoms with Crippen molar-refractivity contribution in [2.75, 3.05) is 6.54 Å². The van der Waals surface area contributed by atoms with Crippen molar-refractivity contribution in [2.24, 2.45) is 11.8 Å². The minimum Gasteiger partial charge on any atom is -0.393 e. The Hall–Kier alpha value is -0.0800. The summed E-state index contributed by atoms with van der Waals surface area (Å²) >= 11 is 0. The van der Waals surface area contributed by atoms with E-state index < -0.39 is 0 Å². The topological polar surface area (TPSA) is 23.5 Å².